The van der Waals surface area contributed by atoms with Crippen molar-refractivity contribution in [2.24, 2.45) is 0 Å². The number of rotatable bonds is 7. The zero-order chi connectivity index (χ0) is 22.0. The zero-order valence-electron chi connectivity index (χ0n) is 17.3. The normalized spacial score (nSPS) is 15.9. The number of nitrogens with one attached hydrogen (secondary N) is 1. The first-order valence-electron chi connectivity index (χ1n) is 9.86. The molecular formula is C21H23N3O6S. The van der Waals surface area contributed by atoms with E-state index < -0.39 is 11.2 Å². The highest BCUT2D eigenvalue weighted by Gasteiger charge is 2.20. The minimum absolute atomic E-state index is 0.0000376. The van der Waals surface area contributed by atoms with Gasteiger partial charge in [-0.05, 0) is 24.3 Å². The first kappa shape index (κ1) is 21.1. The molecule has 3 heterocycles. The fourth-order valence-electron chi connectivity index (χ4n) is 3.62. The summed E-state index contributed by atoms with van der Waals surface area (Å²) in [5, 5.41) is 4.54. The Morgan fingerprint density at radius 2 is 1.97 bits per heavy atom. The van der Waals surface area contributed by atoms with Crippen molar-refractivity contribution in [1.82, 2.24) is 14.5 Å². The molecular weight excluding hydrogens is 422 g/mol. The van der Waals surface area contributed by atoms with Crippen molar-refractivity contribution < 1.29 is 19.0 Å². The van der Waals surface area contributed by atoms with Crippen molar-refractivity contribution >= 4 is 27.5 Å². The molecule has 0 saturated carbocycles. The second-order valence-electron chi connectivity index (χ2n) is 7.15. The van der Waals surface area contributed by atoms with E-state index in [4.69, 9.17) is 14.2 Å². The molecule has 2 aromatic heterocycles. The molecule has 0 spiro atoms. The molecule has 4 rings (SSSR count). The van der Waals surface area contributed by atoms with Crippen molar-refractivity contribution in [2.45, 2.75) is 25.5 Å². The Labute approximate surface area is 181 Å². The molecule has 9 nitrogen and oxygen atoms in total. The van der Waals surface area contributed by atoms with Gasteiger partial charge in [0.25, 0.3) is 5.56 Å². The maximum atomic E-state index is 13.3. The van der Waals surface area contributed by atoms with Crippen LogP contribution in [0.25, 0.3) is 15.9 Å². The van der Waals surface area contributed by atoms with Crippen LogP contribution in [0.3, 0.4) is 0 Å². The molecule has 1 atom stereocenters. The Morgan fingerprint density at radius 1 is 1.23 bits per heavy atom. The van der Waals surface area contributed by atoms with Gasteiger partial charge in [-0.3, -0.25) is 14.2 Å². The minimum atomic E-state index is -0.613. The van der Waals surface area contributed by atoms with Gasteiger partial charge in [0.2, 0.25) is 5.91 Å². The van der Waals surface area contributed by atoms with Crippen molar-refractivity contribution in [3.63, 3.8) is 0 Å². The number of thiophene rings is 1. The average Bonchev–Trinajstić information content (AvgIpc) is 3.47. The van der Waals surface area contributed by atoms with E-state index in [0.29, 0.717) is 40.6 Å². The summed E-state index contributed by atoms with van der Waals surface area (Å²) in [6.07, 6.45) is 1.88. The molecule has 0 radical (unpaired) electrons. The molecule has 1 unspecified atom stereocenters. The predicted molar refractivity (Wildman–Crippen MR) is 117 cm³/mol. The lowest BCUT2D eigenvalue weighted by molar-refractivity contribution is -0.122. The molecule has 10 heteroatoms. The monoisotopic (exact) mass is 445 g/mol. The van der Waals surface area contributed by atoms with Crippen LogP contribution in [-0.4, -0.2) is 48.5 Å². The Bertz CT molecular complexity index is 1200. The van der Waals surface area contributed by atoms with Gasteiger partial charge in [-0.1, -0.05) is 0 Å². The maximum absolute atomic E-state index is 13.3. The number of hydrogen-bond donors (Lipinski definition) is 1. The van der Waals surface area contributed by atoms with Gasteiger partial charge in [-0.25, -0.2) is 9.36 Å². The Kier molecular flexibility index (Phi) is 6.10. The summed E-state index contributed by atoms with van der Waals surface area (Å²) < 4.78 is 18.8. The second kappa shape index (κ2) is 8.94. The van der Waals surface area contributed by atoms with Crippen molar-refractivity contribution in [1.29, 1.82) is 0 Å². The van der Waals surface area contributed by atoms with Gasteiger partial charge in [0, 0.05) is 31.4 Å². The number of methoxy groups -OCH3 is 2. The second-order valence-corrected chi connectivity index (χ2v) is 8.07. The largest absolute Gasteiger partial charge is 0.497 e. The topological polar surface area (TPSA) is 101 Å². The first-order chi connectivity index (χ1) is 15.0. The fraction of sp³-hybridized carbons (Fsp3) is 0.381. The summed E-state index contributed by atoms with van der Waals surface area (Å²) >= 11 is 1.22. The molecule has 1 fully saturated rings. The van der Waals surface area contributed by atoms with Crippen LogP contribution in [0, 0.1) is 0 Å². The number of carbonyl (C=O) groups excluding carboxylic acids is 1. The highest BCUT2D eigenvalue weighted by Crippen LogP contribution is 2.24. The van der Waals surface area contributed by atoms with Crippen molar-refractivity contribution in [2.75, 3.05) is 27.4 Å². The summed E-state index contributed by atoms with van der Waals surface area (Å²) in [4.78, 5) is 39.0. The average molecular weight is 445 g/mol. The number of amides is 1. The van der Waals surface area contributed by atoms with Gasteiger partial charge < -0.3 is 19.5 Å². The summed E-state index contributed by atoms with van der Waals surface area (Å²) in [5.41, 5.74) is -0.340. The molecule has 1 amide bonds. The van der Waals surface area contributed by atoms with Crippen LogP contribution in [0.15, 0.2) is 39.2 Å². The van der Waals surface area contributed by atoms with Crippen molar-refractivity contribution in [3.05, 3.63) is 50.5 Å². The van der Waals surface area contributed by atoms with E-state index in [2.05, 4.69) is 5.32 Å². The van der Waals surface area contributed by atoms with E-state index in [0.717, 1.165) is 17.4 Å². The Morgan fingerprint density at radius 3 is 2.61 bits per heavy atom. The van der Waals surface area contributed by atoms with Crippen LogP contribution in [0.5, 0.6) is 11.5 Å². The van der Waals surface area contributed by atoms with E-state index in [1.54, 1.807) is 29.6 Å². The fourth-order valence-corrected chi connectivity index (χ4v) is 4.45. The van der Waals surface area contributed by atoms with Gasteiger partial charge in [0.05, 0.1) is 31.5 Å². The third-order valence-corrected chi connectivity index (χ3v) is 6.09. The lowest BCUT2D eigenvalue weighted by atomic mass is 10.2. The quantitative estimate of drug-likeness (QED) is 0.592. The summed E-state index contributed by atoms with van der Waals surface area (Å²) in [5.74, 6) is 0.555. The maximum Gasteiger partial charge on any atom is 0.336 e. The third kappa shape index (κ3) is 4.21. The van der Waals surface area contributed by atoms with Crippen molar-refractivity contribution in [3.8, 4) is 17.2 Å². The lowest BCUT2D eigenvalue weighted by Crippen LogP contribution is -2.42. The van der Waals surface area contributed by atoms with Gasteiger partial charge in [0.1, 0.15) is 22.7 Å². The molecule has 1 N–H and O–H groups in total. The molecule has 164 valence electrons. The number of fused-ring (bicyclic) bond motifs is 1. The van der Waals surface area contributed by atoms with Gasteiger partial charge in [-0.2, -0.15) is 0 Å². The zero-order valence-corrected chi connectivity index (χ0v) is 18.1. The van der Waals surface area contributed by atoms with E-state index in [9.17, 15) is 14.4 Å². The van der Waals surface area contributed by atoms with Crippen LogP contribution in [0.4, 0.5) is 0 Å². The van der Waals surface area contributed by atoms with Gasteiger partial charge >= 0.3 is 5.69 Å². The van der Waals surface area contributed by atoms with E-state index in [-0.39, 0.29) is 18.6 Å². The van der Waals surface area contributed by atoms with Gasteiger partial charge in [0.15, 0.2) is 0 Å². The smallest absolute Gasteiger partial charge is 0.336 e. The molecule has 0 bridgehead atoms. The molecule has 31 heavy (non-hydrogen) atoms. The first-order valence-corrected chi connectivity index (χ1v) is 10.7. The molecule has 1 aromatic carbocycles. The number of ether oxygens (including phenoxy) is 3. The molecule has 0 aliphatic carbocycles. The Balaban J connectivity index is 1.75. The van der Waals surface area contributed by atoms with Crippen LogP contribution in [0.2, 0.25) is 0 Å². The van der Waals surface area contributed by atoms with Crippen LogP contribution in [-0.2, 0) is 16.1 Å². The molecule has 1 aliphatic rings. The highest BCUT2D eigenvalue weighted by molar-refractivity contribution is 7.17. The van der Waals surface area contributed by atoms with E-state index >= 15 is 0 Å². The standard InChI is InChI=1S/C21H23N3O6S/c1-28-15-8-13(9-16(10-15)29-2)24-20(26)19-17(5-7-31-19)23(21(24)27)12-18(25)22-11-14-4-3-6-30-14/h5,7-10,14H,3-4,6,11-12H2,1-2H3,(H,22,25). The number of nitrogens with zero attached hydrogens (tertiary/aromatic N) is 2. The number of aromatic nitrogens is 2. The third-order valence-electron chi connectivity index (χ3n) is 5.20. The lowest BCUT2D eigenvalue weighted by Gasteiger charge is -2.15. The number of hydrogen-bond acceptors (Lipinski definition) is 7. The van der Waals surface area contributed by atoms with Crippen LogP contribution < -0.4 is 26.0 Å². The van der Waals surface area contributed by atoms with Crippen LogP contribution >= 0.6 is 11.3 Å². The minimum Gasteiger partial charge on any atom is -0.497 e. The van der Waals surface area contributed by atoms with Gasteiger partial charge in [-0.15, -0.1) is 11.3 Å². The molecule has 1 saturated heterocycles. The predicted octanol–water partition coefficient (Wildman–Crippen LogP) is 1.53. The van der Waals surface area contributed by atoms with E-state index in [1.807, 2.05) is 0 Å². The Hall–Kier alpha value is -3.11. The SMILES string of the molecule is COc1cc(OC)cc(-n2c(=O)c3sccc3n(CC(=O)NCC3CCCO3)c2=O)c1. The summed E-state index contributed by atoms with van der Waals surface area (Å²) in [6.45, 7) is 0.887. The van der Waals surface area contributed by atoms with Crippen LogP contribution in [0.1, 0.15) is 12.8 Å². The highest BCUT2D eigenvalue weighted by atomic mass is 32.1. The molecule has 1 aliphatic heterocycles. The number of carbonyl (C=O) groups is 1. The molecule has 3 aromatic rings. The summed E-state index contributed by atoms with van der Waals surface area (Å²) in [6, 6.07) is 6.47. The van der Waals surface area contributed by atoms with E-state index in [1.165, 1.54) is 30.1 Å². The summed E-state index contributed by atoms with van der Waals surface area (Å²) in [7, 11) is 2.97. The number of benzene rings is 1.